The minimum atomic E-state index is -0.864. The van der Waals surface area contributed by atoms with Crippen LogP contribution in [0.5, 0.6) is 0 Å². The maximum Gasteiger partial charge on any atom is 0.128 e. The Morgan fingerprint density at radius 1 is 1.75 bits per heavy atom. The van der Waals surface area contributed by atoms with Gasteiger partial charge in [0.15, 0.2) is 0 Å². The topological polar surface area (TPSA) is 29.5 Å². The van der Waals surface area contributed by atoms with E-state index in [4.69, 9.17) is 27.9 Å². The Labute approximate surface area is 123 Å². The van der Waals surface area contributed by atoms with Crippen molar-refractivity contribution in [1.29, 1.82) is 0 Å². The number of rotatable bonds is 3. The second kappa shape index (κ2) is 5.45. The van der Waals surface area contributed by atoms with Gasteiger partial charge >= 0.3 is 0 Å². The first kappa shape index (κ1) is 15.3. The van der Waals surface area contributed by atoms with Gasteiger partial charge in [-0.1, -0.05) is 43.5 Å². The summed E-state index contributed by atoms with van der Waals surface area (Å²) in [4.78, 5) is 1.56. The van der Waals surface area contributed by atoms with Gasteiger partial charge in [0.1, 0.15) is 5.60 Å². The van der Waals surface area contributed by atoms with E-state index in [0.29, 0.717) is 17.3 Å². The van der Waals surface area contributed by atoms with Gasteiger partial charge in [0.25, 0.3) is 0 Å². The predicted molar refractivity (Wildman–Crippen MR) is 74.8 cm³/mol. The normalized spacial score (nSPS) is 39.8. The van der Waals surface area contributed by atoms with E-state index in [1.165, 1.54) is 0 Å². The molecule has 94 valence electrons. The van der Waals surface area contributed by atoms with Gasteiger partial charge in [-0.25, -0.2) is 0 Å². The monoisotopic (exact) mass is 394 g/mol. The fourth-order valence-corrected chi connectivity index (χ4v) is 2.71. The summed E-state index contributed by atoms with van der Waals surface area (Å²) in [6.45, 7) is 3.71. The van der Waals surface area contributed by atoms with Crippen molar-refractivity contribution in [3.8, 4) is 0 Å². The highest BCUT2D eigenvalue weighted by Crippen LogP contribution is 2.44. The molecule has 0 bridgehead atoms. The molecule has 16 heavy (non-hydrogen) atoms. The highest BCUT2D eigenvalue weighted by Gasteiger charge is 2.51. The van der Waals surface area contributed by atoms with Crippen LogP contribution in [0.4, 0.5) is 0 Å². The molecule has 6 heteroatoms. The van der Waals surface area contributed by atoms with Gasteiger partial charge in [-0.15, -0.1) is 11.6 Å². The van der Waals surface area contributed by atoms with E-state index >= 15 is 0 Å². The third kappa shape index (κ3) is 2.78. The number of halogens is 4. The molecule has 1 aliphatic heterocycles. The van der Waals surface area contributed by atoms with Crippen molar-refractivity contribution in [1.82, 2.24) is 0 Å². The van der Waals surface area contributed by atoms with Gasteiger partial charge < -0.3 is 9.84 Å². The molecule has 2 nitrogen and oxygen atoms in total. The molecule has 0 radical (unpaired) electrons. The summed E-state index contributed by atoms with van der Waals surface area (Å²) in [6, 6.07) is 0. The van der Waals surface area contributed by atoms with Crippen LogP contribution in [0.3, 0.4) is 0 Å². The van der Waals surface area contributed by atoms with E-state index in [2.05, 4.69) is 31.9 Å². The van der Waals surface area contributed by atoms with Crippen molar-refractivity contribution in [2.24, 2.45) is 0 Å². The van der Waals surface area contributed by atoms with Crippen molar-refractivity contribution in [3.63, 3.8) is 0 Å². The van der Waals surface area contributed by atoms with E-state index in [0.717, 1.165) is 0 Å². The average molecular weight is 397 g/mol. The second-order valence-corrected chi connectivity index (χ2v) is 7.28. The number of alkyl halides is 2. The molecule has 1 heterocycles. The lowest BCUT2D eigenvalue weighted by atomic mass is 9.96. The quantitative estimate of drug-likeness (QED) is 0.736. The molecule has 0 amide bonds. The largest absolute Gasteiger partial charge is 0.390 e. The predicted octanol–water partition coefficient (Wildman–Crippen LogP) is 3.76. The van der Waals surface area contributed by atoms with Crippen LogP contribution in [0.15, 0.2) is 10.0 Å². The van der Waals surface area contributed by atoms with Crippen LogP contribution < -0.4 is 0 Å². The van der Waals surface area contributed by atoms with Gasteiger partial charge in [0, 0.05) is 12.3 Å². The lowest BCUT2D eigenvalue weighted by Crippen LogP contribution is -2.39. The van der Waals surface area contributed by atoms with Crippen LogP contribution in [-0.2, 0) is 4.74 Å². The molecule has 4 atom stereocenters. The Balaban J connectivity index is 2.90. The third-order valence-electron chi connectivity index (χ3n) is 2.96. The minimum Gasteiger partial charge on any atom is -0.390 e. The molecule has 1 saturated heterocycles. The molecule has 1 rings (SSSR count). The molecule has 1 aliphatic rings. The number of ether oxygens (including phenoxy) is 1. The minimum absolute atomic E-state index is 0.175. The molecule has 0 aromatic carbocycles. The van der Waals surface area contributed by atoms with E-state index < -0.39 is 11.7 Å². The molecule has 0 aliphatic carbocycles. The van der Waals surface area contributed by atoms with Crippen molar-refractivity contribution < 1.29 is 9.84 Å². The molecular weight excluding hydrogens is 383 g/mol. The first-order valence-corrected chi connectivity index (χ1v) is 7.47. The van der Waals surface area contributed by atoms with Crippen molar-refractivity contribution in [2.45, 2.75) is 42.4 Å². The summed E-state index contributed by atoms with van der Waals surface area (Å²) in [7, 11) is 0. The first-order valence-electron chi connectivity index (χ1n) is 4.85. The SMILES string of the molecule is CC(Br)(CCl)[C@@H]1C[C@H](O)[C@](C)(/C(Cl)=C/Br)O1. The summed E-state index contributed by atoms with van der Waals surface area (Å²) < 4.78 is 5.49. The zero-order chi connectivity index (χ0) is 12.6. The fraction of sp³-hybridized carbons (Fsp3) is 0.800. The number of hydrogen-bond acceptors (Lipinski definition) is 2. The van der Waals surface area contributed by atoms with E-state index in [9.17, 15) is 5.11 Å². The van der Waals surface area contributed by atoms with Crippen LogP contribution in [-0.4, -0.2) is 33.1 Å². The summed E-state index contributed by atoms with van der Waals surface area (Å²) >= 11 is 18.6. The van der Waals surface area contributed by atoms with E-state index in [1.807, 2.05) is 6.92 Å². The second-order valence-electron chi connectivity index (χ2n) is 4.33. The van der Waals surface area contributed by atoms with Gasteiger partial charge in [-0.3, -0.25) is 0 Å². The Bertz CT molecular complexity index is 297. The molecule has 0 aromatic heterocycles. The maximum atomic E-state index is 10.0. The fourth-order valence-electron chi connectivity index (χ4n) is 1.63. The molecule has 0 saturated carbocycles. The van der Waals surface area contributed by atoms with E-state index in [1.54, 1.807) is 11.9 Å². The number of aliphatic hydroxyl groups excluding tert-OH is 1. The zero-order valence-corrected chi connectivity index (χ0v) is 13.7. The third-order valence-corrected chi connectivity index (χ3v) is 5.84. The van der Waals surface area contributed by atoms with Crippen molar-refractivity contribution in [3.05, 3.63) is 10.0 Å². The Morgan fingerprint density at radius 2 is 2.31 bits per heavy atom. The number of aliphatic hydroxyl groups is 1. The van der Waals surface area contributed by atoms with Crippen molar-refractivity contribution >= 4 is 55.1 Å². The molecule has 1 N–H and O–H groups in total. The Hall–Kier alpha value is 1.20. The lowest BCUT2D eigenvalue weighted by molar-refractivity contribution is -0.0443. The average Bonchev–Trinajstić information content (AvgIpc) is 2.56. The molecule has 1 unspecified atom stereocenters. The summed E-state index contributed by atoms with van der Waals surface area (Å²) in [5.74, 6) is 0.399. The highest BCUT2D eigenvalue weighted by molar-refractivity contribution is 9.11. The summed E-state index contributed by atoms with van der Waals surface area (Å²) in [5, 5.41) is 10.5. The van der Waals surface area contributed by atoms with Crippen LogP contribution in [0.1, 0.15) is 20.3 Å². The van der Waals surface area contributed by atoms with Gasteiger partial charge in [-0.2, -0.15) is 0 Å². The Kier molecular flexibility index (Phi) is 5.20. The van der Waals surface area contributed by atoms with Gasteiger partial charge in [-0.05, 0) is 18.8 Å². The summed E-state index contributed by atoms with van der Waals surface area (Å²) in [6.07, 6.45) is -0.313. The molecule has 1 fully saturated rings. The first-order chi connectivity index (χ1) is 7.28. The smallest absolute Gasteiger partial charge is 0.128 e. The van der Waals surface area contributed by atoms with Crippen LogP contribution in [0.25, 0.3) is 0 Å². The number of hydrogen-bond donors (Lipinski definition) is 1. The van der Waals surface area contributed by atoms with Gasteiger partial charge in [0.2, 0.25) is 0 Å². The van der Waals surface area contributed by atoms with E-state index in [-0.39, 0.29) is 10.4 Å². The van der Waals surface area contributed by atoms with Crippen molar-refractivity contribution in [2.75, 3.05) is 5.88 Å². The van der Waals surface area contributed by atoms with Crippen LogP contribution >= 0.6 is 55.1 Å². The molecule has 0 spiro atoms. The zero-order valence-electron chi connectivity index (χ0n) is 9.01. The molecule has 0 aromatic rings. The maximum absolute atomic E-state index is 10.0. The standard InChI is InChI=1S/C10H14Br2Cl2O2/c1-9(12,5-13)8-3-7(15)10(2,16-8)6(14)4-11/h4,7-8,15H,3,5H2,1-2H3/b6-4-/t7-,8-,9?,10-/m0/s1. The lowest BCUT2D eigenvalue weighted by Gasteiger charge is -2.31. The van der Waals surface area contributed by atoms with Crippen LogP contribution in [0, 0.1) is 0 Å². The summed E-state index contributed by atoms with van der Waals surface area (Å²) in [5.41, 5.74) is -0.864. The van der Waals surface area contributed by atoms with Gasteiger partial charge in [0.05, 0.1) is 21.6 Å². The Morgan fingerprint density at radius 3 is 2.75 bits per heavy atom. The highest BCUT2D eigenvalue weighted by atomic mass is 79.9. The molecular formula is C10H14Br2Cl2O2. The van der Waals surface area contributed by atoms with Crippen LogP contribution in [0.2, 0.25) is 0 Å².